The van der Waals surface area contributed by atoms with Crippen LogP contribution in [0.25, 0.3) is 0 Å². The van der Waals surface area contributed by atoms with Gasteiger partial charge in [-0.1, -0.05) is 0 Å². The van der Waals surface area contributed by atoms with Crippen molar-refractivity contribution in [3.8, 4) is 17.2 Å². The van der Waals surface area contributed by atoms with Gasteiger partial charge in [-0.15, -0.1) is 0 Å². The molecule has 0 bridgehead atoms. The number of methoxy groups -OCH3 is 3. The zero-order valence-corrected chi connectivity index (χ0v) is 13.8. The van der Waals surface area contributed by atoms with Gasteiger partial charge in [0, 0.05) is 12.1 Å². The van der Waals surface area contributed by atoms with Crippen molar-refractivity contribution in [3.63, 3.8) is 0 Å². The van der Waals surface area contributed by atoms with E-state index < -0.39 is 0 Å². The van der Waals surface area contributed by atoms with E-state index in [4.69, 9.17) is 14.2 Å². The van der Waals surface area contributed by atoms with E-state index in [-0.39, 0.29) is 5.91 Å². The van der Waals surface area contributed by atoms with Crippen LogP contribution in [0.5, 0.6) is 17.2 Å². The number of rotatable bonds is 6. The Morgan fingerprint density at radius 1 is 0.957 bits per heavy atom. The lowest BCUT2D eigenvalue weighted by atomic mass is 10.1. The van der Waals surface area contributed by atoms with E-state index in [2.05, 4.69) is 5.32 Å². The number of hydrogen-bond acceptors (Lipinski definition) is 4. The highest BCUT2D eigenvalue weighted by Gasteiger charge is 2.10. The second-order valence-electron chi connectivity index (χ2n) is 5.04. The number of nitrogens with one attached hydrogen (secondary N) is 1. The van der Waals surface area contributed by atoms with Crippen molar-refractivity contribution in [2.45, 2.75) is 13.5 Å². The van der Waals surface area contributed by atoms with Crippen molar-refractivity contribution >= 4 is 5.91 Å². The van der Waals surface area contributed by atoms with E-state index in [9.17, 15) is 4.79 Å². The average molecular weight is 315 g/mol. The van der Waals surface area contributed by atoms with Gasteiger partial charge >= 0.3 is 0 Å². The monoisotopic (exact) mass is 315 g/mol. The molecular formula is C18H21NO4. The Kier molecular flexibility index (Phi) is 5.46. The van der Waals surface area contributed by atoms with Gasteiger partial charge in [0.25, 0.3) is 5.91 Å². The number of ether oxygens (including phenoxy) is 3. The van der Waals surface area contributed by atoms with Crippen molar-refractivity contribution in [1.82, 2.24) is 5.32 Å². The molecule has 5 nitrogen and oxygen atoms in total. The largest absolute Gasteiger partial charge is 0.497 e. The van der Waals surface area contributed by atoms with Gasteiger partial charge in [0.05, 0.1) is 21.3 Å². The number of aryl methyl sites for hydroxylation is 1. The Balaban J connectivity index is 2.09. The third kappa shape index (κ3) is 3.94. The van der Waals surface area contributed by atoms with E-state index in [1.165, 1.54) is 0 Å². The lowest BCUT2D eigenvalue weighted by molar-refractivity contribution is 0.0951. The fraction of sp³-hybridized carbons (Fsp3) is 0.278. The van der Waals surface area contributed by atoms with Gasteiger partial charge in [0.2, 0.25) is 0 Å². The lowest BCUT2D eigenvalue weighted by Crippen LogP contribution is -2.23. The van der Waals surface area contributed by atoms with Crippen LogP contribution in [-0.4, -0.2) is 27.2 Å². The second kappa shape index (κ2) is 7.54. The Labute approximate surface area is 136 Å². The molecule has 0 saturated carbocycles. The van der Waals surface area contributed by atoms with Crippen LogP contribution in [0.4, 0.5) is 0 Å². The van der Waals surface area contributed by atoms with Crippen LogP contribution in [0, 0.1) is 6.92 Å². The van der Waals surface area contributed by atoms with Crippen molar-refractivity contribution in [2.75, 3.05) is 21.3 Å². The molecule has 0 spiro atoms. The highest BCUT2D eigenvalue weighted by atomic mass is 16.5. The SMILES string of the molecule is COc1ccc(C(=O)NCc2cc(OC)c(OC)cc2C)cc1. The Bertz CT molecular complexity index is 680. The molecule has 0 aliphatic rings. The fourth-order valence-corrected chi connectivity index (χ4v) is 2.23. The van der Waals surface area contributed by atoms with Crippen LogP contribution >= 0.6 is 0 Å². The molecule has 1 N–H and O–H groups in total. The fourth-order valence-electron chi connectivity index (χ4n) is 2.23. The Morgan fingerprint density at radius 3 is 2.13 bits per heavy atom. The summed E-state index contributed by atoms with van der Waals surface area (Å²) in [5.74, 6) is 1.90. The minimum atomic E-state index is -0.137. The molecule has 0 atom stereocenters. The average Bonchev–Trinajstić information content (AvgIpc) is 2.60. The summed E-state index contributed by atoms with van der Waals surface area (Å²) in [6.07, 6.45) is 0. The van der Waals surface area contributed by atoms with Crippen LogP contribution in [0.1, 0.15) is 21.5 Å². The van der Waals surface area contributed by atoms with Gasteiger partial charge in [-0.05, 0) is 54.4 Å². The predicted molar refractivity (Wildman–Crippen MR) is 88.4 cm³/mol. The first-order chi connectivity index (χ1) is 11.1. The van der Waals surface area contributed by atoms with E-state index in [1.54, 1.807) is 45.6 Å². The van der Waals surface area contributed by atoms with E-state index in [1.807, 2.05) is 19.1 Å². The first-order valence-corrected chi connectivity index (χ1v) is 7.22. The summed E-state index contributed by atoms with van der Waals surface area (Å²) in [6.45, 7) is 2.38. The summed E-state index contributed by atoms with van der Waals surface area (Å²) < 4.78 is 15.6. The Morgan fingerprint density at radius 2 is 1.57 bits per heavy atom. The van der Waals surface area contributed by atoms with Gasteiger partial charge in [0.1, 0.15) is 5.75 Å². The summed E-state index contributed by atoms with van der Waals surface area (Å²) in [5.41, 5.74) is 2.59. The molecule has 0 fully saturated rings. The predicted octanol–water partition coefficient (Wildman–Crippen LogP) is 2.95. The van der Waals surface area contributed by atoms with Crippen LogP contribution in [0.3, 0.4) is 0 Å². The molecule has 5 heteroatoms. The molecule has 0 aliphatic carbocycles. The molecule has 2 aromatic rings. The van der Waals surface area contributed by atoms with Crippen molar-refractivity contribution in [1.29, 1.82) is 0 Å². The van der Waals surface area contributed by atoms with Crippen molar-refractivity contribution < 1.29 is 19.0 Å². The molecule has 0 radical (unpaired) electrons. The number of hydrogen-bond donors (Lipinski definition) is 1. The smallest absolute Gasteiger partial charge is 0.251 e. The van der Waals surface area contributed by atoms with Crippen LogP contribution in [-0.2, 0) is 6.54 Å². The number of amides is 1. The van der Waals surface area contributed by atoms with Gasteiger partial charge in [-0.2, -0.15) is 0 Å². The van der Waals surface area contributed by atoms with Gasteiger partial charge in [0.15, 0.2) is 11.5 Å². The molecule has 0 aromatic heterocycles. The zero-order chi connectivity index (χ0) is 16.8. The van der Waals surface area contributed by atoms with Crippen LogP contribution in [0.2, 0.25) is 0 Å². The lowest BCUT2D eigenvalue weighted by Gasteiger charge is -2.13. The molecule has 0 aliphatic heterocycles. The summed E-state index contributed by atoms with van der Waals surface area (Å²) in [6, 6.07) is 10.8. The third-order valence-corrected chi connectivity index (χ3v) is 3.63. The summed E-state index contributed by atoms with van der Waals surface area (Å²) in [7, 11) is 4.78. The maximum Gasteiger partial charge on any atom is 0.251 e. The molecule has 2 rings (SSSR count). The number of carbonyl (C=O) groups is 1. The maximum absolute atomic E-state index is 12.2. The van der Waals surface area contributed by atoms with Crippen molar-refractivity contribution in [2.24, 2.45) is 0 Å². The zero-order valence-electron chi connectivity index (χ0n) is 13.8. The molecular weight excluding hydrogens is 294 g/mol. The second-order valence-corrected chi connectivity index (χ2v) is 5.04. The quantitative estimate of drug-likeness (QED) is 0.890. The molecule has 122 valence electrons. The van der Waals surface area contributed by atoms with Crippen LogP contribution in [0.15, 0.2) is 36.4 Å². The first-order valence-electron chi connectivity index (χ1n) is 7.22. The molecule has 0 saturated heterocycles. The molecule has 2 aromatic carbocycles. The van der Waals surface area contributed by atoms with Gasteiger partial charge in [-0.25, -0.2) is 0 Å². The number of benzene rings is 2. The highest BCUT2D eigenvalue weighted by Crippen LogP contribution is 2.30. The molecule has 23 heavy (non-hydrogen) atoms. The number of carbonyl (C=O) groups excluding carboxylic acids is 1. The highest BCUT2D eigenvalue weighted by molar-refractivity contribution is 5.94. The standard InChI is InChI=1S/C18H21NO4/c1-12-9-16(22-3)17(23-4)10-14(12)11-19-18(20)13-5-7-15(21-2)8-6-13/h5-10H,11H2,1-4H3,(H,19,20). The summed E-state index contributed by atoms with van der Waals surface area (Å²) in [4.78, 5) is 12.2. The van der Waals surface area contributed by atoms with Crippen LogP contribution < -0.4 is 19.5 Å². The van der Waals surface area contributed by atoms with Crippen molar-refractivity contribution in [3.05, 3.63) is 53.1 Å². The first kappa shape index (κ1) is 16.7. The van der Waals surface area contributed by atoms with Gasteiger partial charge < -0.3 is 19.5 Å². The van der Waals surface area contributed by atoms with E-state index in [0.29, 0.717) is 23.6 Å². The van der Waals surface area contributed by atoms with Gasteiger partial charge in [-0.3, -0.25) is 4.79 Å². The minimum absolute atomic E-state index is 0.137. The Hall–Kier alpha value is -2.69. The van der Waals surface area contributed by atoms with E-state index in [0.717, 1.165) is 16.9 Å². The normalized spacial score (nSPS) is 10.1. The molecule has 0 unspecified atom stereocenters. The topological polar surface area (TPSA) is 56.8 Å². The van der Waals surface area contributed by atoms with E-state index >= 15 is 0 Å². The summed E-state index contributed by atoms with van der Waals surface area (Å²) in [5, 5.41) is 2.91. The maximum atomic E-state index is 12.2. The summed E-state index contributed by atoms with van der Waals surface area (Å²) >= 11 is 0. The molecule has 1 amide bonds. The molecule has 0 heterocycles. The third-order valence-electron chi connectivity index (χ3n) is 3.63. The minimum Gasteiger partial charge on any atom is -0.497 e.